The Bertz CT molecular complexity index is 1570. The molecular weight excluding hydrogens is 544 g/mol. The van der Waals surface area contributed by atoms with Crippen molar-refractivity contribution in [2.75, 3.05) is 25.6 Å². The lowest BCUT2D eigenvalue weighted by molar-refractivity contribution is -0.385. The fourth-order valence-corrected chi connectivity index (χ4v) is 5.47. The number of rotatable bonds is 7. The third-order valence-corrected chi connectivity index (χ3v) is 7.64. The van der Waals surface area contributed by atoms with E-state index < -0.39 is 55.7 Å². The number of amides is 1. The van der Waals surface area contributed by atoms with Crippen LogP contribution in [0.15, 0.2) is 41.3 Å². The molecule has 13 nitrogen and oxygen atoms in total. The Balaban J connectivity index is 1.74. The molecule has 1 amide bonds. The lowest BCUT2D eigenvalue weighted by Crippen LogP contribution is -2.37. The highest BCUT2D eigenvalue weighted by Crippen LogP contribution is 2.32. The fraction of sp³-hybridized carbons (Fsp3) is 0.261. The van der Waals surface area contributed by atoms with Crippen LogP contribution in [0, 0.1) is 21.7 Å². The molecule has 1 aliphatic rings. The van der Waals surface area contributed by atoms with Crippen LogP contribution in [0.25, 0.3) is 0 Å². The van der Waals surface area contributed by atoms with E-state index in [2.05, 4.69) is 10.4 Å². The van der Waals surface area contributed by atoms with E-state index in [0.29, 0.717) is 18.2 Å². The molecule has 0 atom stereocenters. The normalized spacial score (nSPS) is 13.4. The number of hydrogen-bond acceptors (Lipinski definition) is 9. The van der Waals surface area contributed by atoms with Gasteiger partial charge in [0.1, 0.15) is 22.9 Å². The van der Waals surface area contributed by atoms with Gasteiger partial charge < -0.3 is 14.8 Å². The van der Waals surface area contributed by atoms with Gasteiger partial charge in [-0.05, 0) is 31.2 Å². The van der Waals surface area contributed by atoms with E-state index in [1.807, 2.05) is 0 Å². The van der Waals surface area contributed by atoms with Crippen LogP contribution in [-0.2, 0) is 27.7 Å². The van der Waals surface area contributed by atoms with Gasteiger partial charge in [-0.15, -0.1) is 5.10 Å². The average molecular weight is 566 g/mol. The number of carbonyl (C=O) groups excluding carboxylic acids is 2. The van der Waals surface area contributed by atoms with Gasteiger partial charge in [0.25, 0.3) is 11.6 Å². The molecule has 206 valence electrons. The second-order valence-corrected chi connectivity index (χ2v) is 10.1. The lowest BCUT2D eigenvalue weighted by atomic mass is 10.1. The molecule has 1 N–H and O–H groups in total. The highest BCUT2D eigenvalue weighted by molar-refractivity contribution is 7.89. The number of nitrogens with zero attached hydrogens (tertiary/aromatic N) is 4. The number of fused-ring (bicyclic) bond motifs is 1. The Hall–Kier alpha value is -4.44. The first-order valence-electron chi connectivity index (χ1n) is 11.3. The van der Waals surface area contributed by atoms with Crippen molar-refractivity contribution >= 4 is 33.5 Å². The molecule has 0 spiro atoms. The predicted octanol–water partition coefficient (Wildman–Crippen LogP) is 3.08. The molecule has 1 aliphatic heterocycles. The predicted molar refractivity (Wildman–Crippen MR) is 130 cm³/mol. The summed E-state index contributed by atoms with van der Waals surface area (Å²) >= 11 is 0. The van der Waals surface area contributed by atoms with Gasteiger partial charge >= 0.3 is 6.09 Å². The van der Waals surface area contributed by atoms with Crippen molar-refractivity contribution in [3.8, 4) is 5.75 Å². The molecular formula is C23H21F2N5O8S. The molecule has 16 heteroatoms. The first-order valence-corrected chi connectivity index (χ1v) is 12.8. The quantitative estimate of drug-likeness (QED) is 0.335. The first-order chi connectivity index (χ1) is 18.5. The molecule has 0 radical (unpaired) electrons. The highest BCUT2D eigenvalue weighted by Gasteiger charge is 2.35. The minimum Gasteiger partial charge on any atom is -0.497 e. The molecule has 0 fully saturated rings. The molecule has 0 saturated carbocycles. The monoisotopic (exact) mass is 565 g/mol. The molecule has 0 bridgehead atoms. The van der Waals surface area contributed by atoms with Crippen molar-refractivity contribution in [3.05, 3.63) is 75.0 Å². The van der Waals surface area contributed by atoms with Crippen LogP contribution < -0.4 is 10.1 Å². The number of nitrogens with one attached hydrogen (secondary N) is 1. The number of halogens is 2. The number of hydrogen-bond donors (Lipinski definition) is 1. The fourth-order valence-electron chi connectivity index (χ4n) is 4.02. The number of benzene rings is 2. The van der Waals surface area contributed by atoms with E-state index in [0.717, 1.165) is 21.1 Å². The van der Waals surface area contributed by atoms with Crippen molar-refractivity contribution in [2.24, 2.45) is 0 Å². The number of nitro groups is 1. The van der Waals surface area contributed by atoms with Gasteiger partial charge in [-0.25, -0.2) is 22.0 Å². The van der Waals surface area contributed by atoms with Gasteiger partial charge in [0.15, 0.2) is 5.82 Å². The Labute approximate surface area is 220 Å². The van der Waals surface area contributed by atoms with E-state index in [9.17, 15) is 36.9 Å². The molecule has 39 heavy (non-hydrogen) atoms. The smallest absolute Gasteiger partial charge is 0.434 e. The first kappa shape index (κ1) is 27.6. The molecule has 3 aromatic rings. The Morgan fingerprint density at radius 1 is 1.18 bits per heavy atom. The van der Waals surface area contributed by atoms with Crippen LogP contribution in [-0.4, -0.2) is 59.7 Å². The second kappa shape index (κ2) is 10.7. The van der Waals surface area contributed by atoms with Crippen molar-refractivity contribution in [1.82, 2.24) is 14.1 Å². The maximum atomic E-state index is 13.7. The zero-order chi connectivity index (χ0) is 28.5. The molecule has 0 unspecified atom stereocenters. The van der Waals surface area contributed by atoms with Gasteiger partial charge in [-0.1, -0.05) is 0 Å². The number of aromatic nitrogens is 2. The summed E-state index contributed by atoms with van der Waals surface area (Å²) in [5.41, 5.74) is -0.595. The summed E-state index contributed by atoms with van der Waals surface area (Å²) in [6.45, 7) is 0.941. The van der Waals surface area contributed by atoms with Crippen molar-refractivity contribution in [2.45, 2.75) is 24.8 Å². The zero-order valence-corrected chi connectivity index (χ0v) is 21.3. The number of nitro benzene ring substituents is 1. The second-order valence-electron chi connectivity index (χ2n) is 8.17. The van der Waals surface area contributed by atoms with E-state index in [4.69, 9.17) is 9.47 Å². The minimum absolute atomic E-state index is 0.00115. The molecule has 2 aromatic carbocycles. The van der Waals surface area contributed by atoms with Crippen LogP contribution in [0.4, 0.5) is 25.1 Å². The van der Waals surface area contributed by atoms with Crippen molar-refractivity contribution in [1.29, 1.82) is 0 Å². The Kier molecular flexibility index (Phi) is 7.60. The zero-order valence-electron chi connectivity index (χ0n) is 20.5. The minimum atomic E-state index is -4.41. The van der Waals surface area contributed by atoms with E-state index >= 15 is 0 Å². The number of methoxy groups -OCH3 is 1. The number of carbonyl (C=O) groups is 2. The van der Waals surface area contributed by atoms with Gasteiger partial charge in [0.2, 0.25) is 10.0 Å². The summed E-state index contributed by atoms with van der Waals surface area (Å²) in [4.78, 5) is 35.7. The summed E-state index contributed by atoms with van der Waals surface area (Å²) in [5, 5.41) is 18.0. The van der Waals surface area contributed by atoms with Gasteiger partial charge in [0.05, 0.1) is 35.3 Å². The number of ether oxygens (including phenoxy) is 2. The van der Waals surface area contributed by atoms with Gasteiger partial charge in [-0.2, -0.15) is 8.99 Å². The Morgan fingerprint density at radius 3 is 2.49 bits per heavy atom. The van der Waals surface area contributed by atoms with Crippen LogP contribution in [0.3, 0.4) is 0 Å². The van der Waals surface area contributed by atoms with E-state index in [1.54, 1.807) is 6.92 Å². The Morgan fingerprint density at radius 2 is 1.87 bits per heavy atom. The highest BCUT2D eigenvalue weighted by atomic mass is 32.2. The topological polar surface area (TPSA) is 163 Å². The SMILES string of the molecule is CCOC(=O)n1nc(NC(=O)c2ccc(OC)cc2[N+](=O)[O-])c2c1CCN(S(=O)(=O)c1cc(F)cc(F)c1)C2. The molecule has 1 aromatic heterocycles. The van der Waals surface area contributed by atoms with E-state index in [-0.39, 0.29) is 48.0 Å². The number of anilines is 1. The van der Waals surface area contributed by atoms with Crippen LogP contribution in [0.1, 0.15) is 28.5 Å². The number of sulfonamides is 1. The maximum Gasteiger partial charge on any atom is 0.434 e. The summed E-state index contributed by atoms with van der Waals surface area (Å²) in [5.74, 6) is -3.26. The molecule has 4 rings (SSSR count). The summed E-state index contributed by atoms with van der Waals surface area (Å²) < 4.78 is 65.6. The van der Waals surface area contributed by atoms with Crippen LogP contribution >= 0.6 is 0 Å². The van der Waals surface area contributed by atoms with Crippen molar-refractivity contribution in [3.63, 3.8) is 0 Å². The van der Waals surface area contributed by atoms with E-state index in [1.165, 1.54) is 13.2 Å². The van der Waals surface area contributed by atoms with Gasteiger partial charge in [0, 0.05) is 31.1 Å². The summed E-state index contributed by atoms with van der Waals surface area (Å²) in [6.07, 6.45) is -0.968. The maximum absolute atomic E-state index is 13.7. The lowest BCUT2D eigenvalue weighted by Gasteiger charge is -2.27. The standard InChI is InChI=1S/C23H21F2N5O8S/c1-3-38-23(32)29-19-6-7-28(39(35,36)16-9-13(24)8-14(25)10-16)12-18(19)21(27-29)26-22(31)17-5-4-15(37-2)11-20(17)30(33)34/h4-5,8-11H,3,6-7,12H2,1-2H3,(H,26,27,31). The molecule has 2 heterocycles. The van der Waals surface area contributed by atoms with Gasteiger partial charge in [-0.3, -0.25) is 14.9 Å². The average Bonchev–Trinajstić information content (AvgIpc) is 3.25. The molecule has 0 aliphatic carbocycles. The third-order valence-electron chi connectivity index (χ3n) is 5.82. The van der Waals surface area contributed by atoms with Crippen molar-refractivity contribution < 1.29 is 41.2 Å². The largest absolute Gasteiger partial charge is 0.497 e. The third kappa shape index (κ3) is 5.42. The van der Waals surface area contributed by atoms with Crippen LogP contribution in [0.5, 0.6) is 5.75 Å². The summed E-state index contributed by atoms with van der Waals surface area (Å²) in [7, 11) is -3.11. The molecule has 0 saturated heterocycles. The van der Waals surface area contributed by atoms with Crippen LogP contribution in [0.2, 0.25) is 0 Å². The summed E-state index contributed by atoms with van der Waals surface area (Å²) in [6, 6.07) is 5.41.